The third-order valence-electron chi connectivity index (χ3n) is 3.46. The van der Waals surface area contributed by atoms with Gasteiger partial charge in [-0.15, -0.1) is 0 Å². The molecule has 0 aromatic heterocycles. The van der Waals surface area contributed by atoms with Gasteiger partial charge in [0.2, 0.25) is 0 Å². The fourth-order valence-electron chi connectivity index (χ4n) is 2.60. The highest BCUT2D eigenvalue weighted by molar-refractivity contribution is 7.98. The van der Waals surface area contributed by atoms with E-state index in [1.54, 1.807) is 0 Å². The van der Waals surface area contributed by atoms with Crippen molar-refractivity contribution in [1.29, 1.82) is 0 Å². The summed E-state index contributed by atoms with van der Waals surface area (Å²) >= 11 is 1.95. The van der Waals surface area contributed by atoms with Crippen LogP contribution in [-0.4, -0.2) is 18.6 Å². The summed E-state index contributed by atoms with van der Waals surface area (Å²) in [7, 11) is 0. The third kappa shape index (κ3) is 3.17. The highest BCUT2D eigenvalue weighted by atomic mass is 32.2. The topological polar surface area (TPSA) is 26.0 Å². The highest BCUT2D eigenvalue weighted by Crippen LogP contribution is 2.41. The second-order valence-corrected chi connectivity index (χ2v) is 5.63. The molecule has 0 heterocycles. The first-order valence-corrected chi connectivity index (χ1v) is 6.81. The molecule has 78 valence electrons. The van der Waals surface area contributed by atoms with Crippen LogP contribution in [0.4, 0.5) is 0 Å². The molecule has 1 fully saturated rings. The van der Waals surface area contributed by atoms with E-state index >= 15 is 0 Å². The molecule has 2 N–H and O–H groups in total. The lowest BCUT2D eigenvalue weighted by molar-refractivity contribution is 0.150. The molecule has 1 rings (SSSR count). The largest absolute Gasteiger partial charge is 0.330 e. The first kappa shape index (κ1) is 11.4. The van der Waals surface area contributed by atoms with Gasteiger partial charge in [0.25, 0.3) is 0 Å². The van der Waals surface area contributed by atoms with Gasteiger partial charge >= 0.3 is 0 Å². The lowest BCUT2D eigenvalue weighted by Gasteiger charge is -2.39. The third-order valence-corrected chi connectivity index (χ3v) is 4.07. The number of nitrogens with two attached hydrogens (primary N) is 1. The molecule has 2 atom stereocenters. The summed E-state index contributed by atoms with van der Waals surface area (Å²) in [6.07, 6.45) is 9.07. The van der Waals surface area contributed by atoms with Gasteiger partial charge in [-0.1, -0.05) is 19.8 Å². The van der Waals surface area contributed by atoms with E-state index in [1.165, 1.54) is 37.9 Å². The average Bonchev–Trinajstić information content (AvgIpc) is 2.15. The Kier molecular flexibility index (Phi) is 4.60. The van der Waals surface area contributed by atoms with Crippen molar-refractivity contribution >= 4 is 11.8 Å². The van der Waals surface area contributed by atoms with E-state index in [9.17, 15) is 0 Å². The fraction of sp³-hybridized carbons (Fsp3) is 1.00. The van der Waals surface area contributed by atoms with Gasteiger partial charge in [0, 0.05) is 0 Å². The Hall–Kier alpha value is 0.310. The molecule has 1 nitrogen and oxygen atoms in total. The maximum absolute atomic E-state index is 5.93. The van der Waals surface area contributed by atoms with Gasteiger partial charge in [0.15, 0.2) is 0 Å². The molecule has 0 aromatic rings. The fourth-order valence-corrected chi connectivity index (χ4v) is 3.24. The average molecular weight is 201 g/mol. The number of rotatable bonds is 4. The Bertz CT molecular complexity index is 149. The van der Waals surface area contributed by atoms with Crippen molar-refractivity contribution in [2.75, 3.05) is 18.6 Å². The Balaban J connectivity index is 2.46. The molecule has 13 heavy (non-hydrogen) atoms. The molecule has 0 spiro atoms. The van der Waals surface area contributed by atoms with E-state index in [2.05, 4.69) is 13.2 Å². The summed E-state index contributed by atoms with van der Waals surface area (Å²) in [5.41, 5.74) is 6.43. The summed E-state index contributed by atoms with van der Waals surface area (Å²) in [5.74, 6) is 2.18. The Morgan fingerprint density at radius 2 is 2.31 bits per heavy atom. The predicted molar refractivity (Wildman–Crippen MR) is 62.1 cm³/mol. The van der Waals surface area contributed by atoms with E-state index in [-0.39, 0.29) is 0 Å². The molecule has 1 aliphatic carbocycles. The number of thioether (sulfide) groups is 1. The monoisotopic (exact) mass is 201 g/mol. The van der Waals surface area contributed by atoms with Crippen molar-refractivity contribution in [3.8, 4) is 0 Å². The lowest BCUT2D eigenvalue weighted by Crippen LogP contribution is -2.35. The van der Waals surface area contributed by atoms with Gasteiger partial charge in [-0.3, -0.25) is 0 Å². The van der Waals surface area contributed by atoms with Crippen molar-refractivity contribution in [3.05, 3.63) is 0 Å². The molecular formula is C11H23NS. The first-order valence-electron chi connectivity index (χ1n) is 5.41. The van der Waals surface area contributed by atoms with Crippen LogP contribution in [0.5, 0.6) is 0 Å². The van der Waals surface area contributed by atoms with Crippen LogP contribution in [0, 0.1) is 11.3 Å². The second-order valence-electron chi connectivity index (χ2n) is 4.65. The van der Waals surface area contributed by atoms with Gasteiger partial charge in [-0.25, -0.2) is 0 Å². The molecule has 2 heteroatoms. The Morgan fingerprint density at radius 1 is 1.54 bits per heavy atom. The molecule has 0 aliphatic heterocycles. The van der Waals surface area contributed by atoms with Crippen LogP contribution in [0.3, 0.4) is 0 Å². The molecular weight excluding hydrogens is 178 g/mol. The van der Waals surface area contributed by atoms with Crippen LogP contribution in [-0.2, 0) is 0 Å². The molecule has 0 radical (unpaired) electrons. The van der Waals surface area contributed by atoms with E-state index in [0.717, 1.165) is 12.5 Å². The van der Waals surface area contributed by atoms with Gasteiger partial charge in [-0.05, 0) is 49.1 Å². The van der Waals surface area contributed by atoms with Crippen LogP contribution < -0.4 is 5.73 Å². The molecule has 0 saturated heterocycles. The minimum absolute atomic E-state index is 0.501. The van der Waals surface area contributed by atoms with Gasteiger partial charge in [0.05, 0.1) is 0 Å². The molecule has 0 aromatic carbocycles. The molecule has 2 unspecified atom stereocenters. The Morgan fingerprint density at radius 3 is 2.85 bits per heavy atom. The summed E-state index contributed by atoms with van der Waals surface area (Å²) in [4.78, 5) is 0. The van der Waals surface area contributed by atoms with Crippen LogP contribution in [0.15, 0.2) is 0 Å². The zero-order chi connectivity index (χ0) is 9.73. The second kappa shape index (κ2) is 5.26. The lowest BCUT2D eigenvalue weighted by atomic mass is 9.68. The number of hydrogen-bond acceptors (Lipinski definition) is 2. The van der Waals surface area contributed by atoms with E-state index in [1.807, 2.05) is 11.8 Å². The van der Waals surface area contributed by atoms with Crippen LogP contribution in [0.25, 0.3) is 0 Å². The predicted octanol–water partition coefficient (Wildman–Crippen LogP) is 2.89. The van der Waals surface area contributed by atoms with E-state index in [4.69, 9.17) is 5.73 Å². The quantitative estimate of drug-likeness (QED) is 0.757. The van der Waals surface area contributed by atoms with Crippen molar-refractivity contribution < 1.29 is 0 Å². The summed E-state index contributed by atoms with van der Waals surface area (Å²) < 4.78 is 0. The van der Waals surface area contributed by atoms with Gasteiger partial charge in [0.1, 0.15) is 0 Å². The summed E-state index contributed by atoms with van der Waals surface area (Å²) in [6.45, 7) is 3.28. The van der Waals surface area contributed by atoms with Gasteiger partial charge in [-0.2, -0.15) is 11.8 Å². The van der Waals surface area contributed by atoms with Gasteiger partial charge < -0.3 is 5.73 Å². The molecule has 1 aliphatic rings. The van der Waals surface area contributed by atoms with E-state index < -0.39 is 0 Å². The maximum atomic E-state index is 5.93. The minimum Gasteiger partial charge on any atom is -0.330 e. The van der Waals surface area contributed by atoms with Crippen molar-refractivity contribution in [3.63, 3.8) is 0 Å². The SMILES string of the molecule is CSCCC1(CN)CCCC(C)C1. The van der Waals surface area contributed by atoms with Crippen LogP contribution in [0.1, 0.15) is 39.0 Å². The van der Waals surface area contributed by atoms with Crippen LogP contribution in [0.2, 0.25) is 0 Å². The smallest absolute Gasteiger partial charge is 0.00201 e. The highest BCUT2D eigenvalue weighted by Gasteiger charge is 2.32. The molecule has 1 saturated carbocycles. The van der Waals surface area contributed by atoms with Crippen molar-refractivity contribution in [2.24, 2.45) is 17.1 Å². The zero-order valence-corrected chi connectivity index (χ0v) is 9.83. The normalized spacial score (nSPS) is 34.8. The van der Waals surface area contributed by atoms with E-state index in [0.29, 0.717) is 5.41 Å². The standard InChI is InChI=1S/C11H23NS/c1-10-4-3-5-11(8-10,9-12)6-7-13-2/h10H,3-9,12H2,1-2H3. The van der Waals surface area contributed by atoms with Crippen LogP contribution >= 0.6 is 11.8 Å². The van der Waals surface area contributed by atoms with Crippen molar-refractivity contribution in [1.82, 2.24) is 0 Å². The zero-order valence-electron chi connectivity index (χ0n) is 9.01. The molecule has 0 amide bonds. The Labute approximate surface area is 86.8 Å². The molecule has 0 bridgehead atoms. The number of hydrogen-bond donors (Lipinski definition) is 1. The van der Waals surface area contributed by atoms with Crippen molar-refractivity contribution in [2.45, 2.75) is 39.0 Å². The first-order chi connectivity index (χ1) is 6.22. The maximum Gasteiger partial charge on any atom is -0.00201 e. The summed E-state index contributed by atoms with van der Waals surface area (Å²) in [5, 5.41) is 0. The minimum atomic E-state index is 0.501. The summed E-state index contributed by atoms with van der Waals surface area (Å²) in [6, 6.07) is 0.